The van der Waals surface area contributed by atoms with Crippen molar-refractivity contribution in [2.45, 2.75) is 32.4 Å². The third-order valence-electron chi connectivity index (χ3n) is 5.54. The van der Waals surface area contributed by atoms with Gasteiger partial charge in [-0.15, -0.1) is 11.3 Å². The van der Waals surface area contributed by atoms with Gasteiger partial charge in [0.2, 0.25) is 11.8 Å². The number of amides is 2. The number of hydrogen-bond donors (Lipinski definition) is 0. The van der Waals surface area contributed by atoms with E-state index in [2.05, 4.69) is 28.9 Å². The largest absolute Gasteiger partial charge is 0.325 e. The molecule has 27 heavy (non-hydrogen) atoms. The number of anilines is 1. The van der Waals surface area contributed by atoms with E-state index < -0.39 is 0 Å². The van der Waals surface area contributed by atoms with Crippen LogP contribution < -0.4 is 4.90 Å². The predicted molar refractivity (Wildman–Crippen MR) is 106 cm³/mol. The van der Waals surface area contributed by atoms with Gasteiger partial charge in [0.15, 0.2) is 0 Å². The number of pyridine rings is 1. The van der Waals surface area contributed by atoms with Crippen LogP contribution in [0.25, 0.3) is 0 Å². The summed E-state index contributed by atoms with van der Waals surface area (Å²) in [6, 6.07) is 8.08. The summed E-state index contributed by atoms with van der Waals surface area (Å²) in [5.74, 6) is -0.0702. The highest BCUT2D eigenvalue weighted by atomic mass is 32.1. The minimum Gasteiger partial charge on any atom is -0.325 e. The van der Waals surface area contributed by atoms with Gasteiger partial charge in [-0.25, -0.2) is 0 Å². The SMILES string of the molecule is CC(=O)N1CC(=O)N(c2cccnc2)C[C@]12CCN(Cc1ccc(C)s1)C2. The van der Waals surface area contributed by atoms with Crippen LogP contribution in [0.15, 0.2) is 36.7 Å². The fourth-order valence-corrected chi connectivity index (χ4v) is 5.20. The first-order valence-electron chi connectivity index (χ1n) is 9.23. The van der Waals surface area contributed by atoms with Crippen LogP contribution >= 0.6 is 11.3 Å². The van der Waals surface area contributed by atoms with Gasteiger partial charge in [-0.2, -0.15) is 0 Å². The van der Waals surface area contributed by atoms with Gasteiger partial charge in [-0.05, 0) is 37.6 Å². The first-order valence-corrected chi connectivity index (χ1v) is 10.0. The number of aromatic nitrogens is 1. The van der Waals surface area contributed by atoms with Crippen molar-refractivity contribution in [1.29, 1.82) is 0 Å². The van der Waals surface area contributed by atoms with Crippen LogP contribution in [0.3, 0.4) is 0 Å². The number of carbonyl (C=O) groups is 2. The number of aryl methyl sites for hydroxylation is 1. The van der Waals surface area contributed by atoms with Crippen molar-refractivity contribution in [1.82, 2.24) is 14.8 Å². The van der Waals surface area contributed by atoms with E-state index >= 15 is 0 Å². The smallest absolute Gasteiger partial charge is 0.246 e. The first kappa shape index (κ1) is 18.1. The topological polar surface area (TPSA) is 56.8 Å². The van der Waals surface area contributed by atoms with E-state index in [4.69, 9.17) is 0 Å². The van der Waals surface area contributed by atoms with Crippen molar-refractivity contribution in [3.05, 3.63) is 46.4 Å². The van der Waals surface area contributed by atoms with E-state index in [-0.39, 0.29) is 23.9 Å². The summed E-state index contributed by atoms with van der Waals surface area (Å²) < 4.78 is 0. The molecule has 2 aromatic heterocycles. The monoisotopic (exact) mass is 384 g/mol. The van der Waals surface area contributed by atoms with E-state index in [9.17, 15) is 9.59 Å². The second-order valence-corrected chi connectivity index (χ2v) is 8.87. The maximum Gasteiger partial charge on any atom is 0.246 e. The van der Waals surface area contributed by atoms with Crippen LogP contribution in [0.4, 0.5) is 5.69 Å². The van der Waals surface area contributed by atoms with Crippen LogP contribution in [0.1, 0.15) is 23.1 Å². The standard InChI is InChI=1S/C20H24N4O2S/c1-15-5-6-18(27-15)11-22-9-7-20(13-22)14-23(17-4-3-8-21-10-17)19(26)12-24(20)16(2)25/h3-6,8,10H,7,9,11-14H2,1-2H3/t20-/m1/s1. The van der Waals surface area contributed by atoms with Gasteiger partial charge in [0.1, 0.15) is 6.54 Å². The second-order valence-electron chi connectivity index (χ2n) is 7.49. The Bertz CT molecular complexity index is 853. The van der Waals surface area contributed by atoms with Crippen molar-refractivity contribution in [3.8, 4) is 0 Å². The van der Waals surface area contributed by atoms with Crippen LogP contribution in [0.2, 0.25) is 0 Å². The van der Waals surface area contributed by atoms with Gasteiger partial charge in [0.05, 0.1) is 24.0 Å². The fraction of sp³-hybridized carbons (Fsp3) is 0.450. The van der Waals surface area contributed by atoms with E-state index in [1.54, 1.807) is 29.1 Å². The van der Waals surface area contributed by atoms with Crippen molar-refractivity contribution >= 4 is 28.8 Å². The Morgan fingerprint density at radius 3 is 2.81 bits per heavy atom. The number of carbonyl (C=O) groups excluding carboxylic acids is 2. The van der Waals surface area contributed by atoms with Crippen LogP contribution in [0, 0.1) is 6.92 Å². The zero-order chi connectivity index (χ0) is 19.0. The molecular weight excluding hydrogens is 360 g/mol. The highest BCUT2D eigenvalue weighted by Crippen LogP contribution is 2.35. The summed E-state index contributed by atoms with van der Waals surface area (Å²) in [4.78, 5) is 37.9. The lowest BCUT2D eigenvalue weighted by molar-refractivity contribution is -0.142. The quantitative estimate of drug-likeness (QED) is 0.815. The summed E-state index contributed by atoms with van der Waals surface area (Å²) in [6.07, 6.45) is 4.30. The van der Waals surface area contributed by atoms with Crippen LogP contribution in [-0.4, -0.2) is 58.3 Å². The van der Waals surface area contributed by atoms with Crippen molar-refractivity contribution in [2.24, 2.45) is 0 Å². The molecule has 2 amide bonds. The van der Waals surface area contributed by atoms with Gasteiger partial charge in [0.25, 0.3) is 0 Å². The molecule has 1 spiro atoms. The summed E-state index contributed by atoms with van der Waals surface area (Å²) in [7, 11) is 0. The maximum atomic E-state index is 12.7. The minimum atomic E-state index is -0.331. The number of thiophene rings is 1. The predicted octanol–water partition coefficient (Wildman–Crippen LogP) is 2.29. The third-order valence-corrected chi connectivity index (χ3v) is 6.53. The average Bonchev–Trinajstić information content (AvgIpc) is 3.24. The molecule has 142 valence electrons. The summed E-state index contributed by atoms with van der Waals surface area (Å²) in [5, 5.41) is 0. The van der Waals surface area contributed by atoms with Gasteiger partial charge in [-0.3, -0.25) is 19.5 Å². The van der Waals surface area contributed by atoms with E-state index in [0.29, 0.717) is 6.54 Å². The molecule has 0 bridgehead atoms. The lowest BCUT2D eigenvalue weighted by atomic mass is 9.92. The zero-order valence-electron chi connectivity index (χ0n) is 15.7. The van der Waals surface area contributed by atoms with Gasteiger partial charge >= 0.3 is 0 Å². The normalized spacial score (nSPS) is 23.4. The Hall–Kier alpha value is -2.25. The summed E-state index contributed by atoms with van der Waals surface area (Å²) in [6.45, 7) is 6.96. The van der Waals surface area contributed by atoms with Crippen LogP contribution in [0.5, 0.6) is 0 Å². The minimum absolute atomic E-state index is 0.0250. The van der Waals surface area contributed by atoms with E-state index in [1.165, 1.54) is 9.75 Å². The first-order chi connectivity index (χ1) is 13.0. The number of rotatable bonds is 3. The molecule has 7 heteroatoms. The molecule has 0 aliphatic carbocycles. The van der Waals surface area contributed by atoms with E-state index in [1.807, 2.05) is 23.5 Å². The van der Waals surface area contributed by atoms with Gasteiger partial charge in [0, 0.05) is 42.5 Å². The van der Waals surface area contributed by atoms with Crippen molar-refractivity contribution in [2.75, 3.05) is 31.1 Å². The molecule has 0 unspecified atom stereocenters. The molecule has 2 fully saturated rings. The number of piperazine rings is 1. The molecule has 0 saturated carbocycles. The lowest BCUT2D eigenvalue weighted by Gasteiger charge is -2.48. The highest BCUT2D eigenvalue weighted by Gasteiger charge is 2.50. The van der Waals surface area contributed by atoms with Gasteiger partial charge < -0.3 is 9.80 Å². The number of likely N-dealkylation sites (tertiary alicyclic amines) is 1. The maximum absolute atomic E-state index is 12.7. The highest BCUT2D eigenvalue weighted by molar-refractivity contribution is 7.11. The Morgan fingerprint density at radius 2 is 2.15 bits per heavy atom. The Morgan fingerprint density at radius 1 is 1.30 bits per heavy atom. The lowest BCUT2D eigenvalue weighted by Crippen LogP contribution is -2.66. The molecule has 2 aromatic rings. The molecule has 2 aliphatic rings. The Labute approximate surface area is 163 Å². The zero-order valence-corrected chi connectivity index (χ0v) is 16.5. The summed E-state index contributed by atoms with van der Waals surface area (Å²) >= 11 is 1.82. The molecule has 4 heterocycles. The molecule has 4 rings (SSSR count). The van der Waals surface area contributed by atoms with Crippen molar-refractivity contribution < 1.29 is 9.59 Å². The number of nitrogens with zero attached hydrogens (tertiary/aromatic N) is 4. The number of hydrogen-bond acceptors (Lipinski definition) is 5. The Balaban J connectivity index is 1.58. The molecule has 0 aromatic carbocycles. The molecule has 6 nitrogen and oxygen atoms in total. The fourth-order valence-electron chi connectivity index (χ4n) is 4.27. The average molecular weight is 385 g/mol. The molecule has 2 saturated heterocycles. The van der Waals surface area contributed by atoms with Crippen molar-refractivity contribution in [3.63, 3.8) is 0 Å². The Kier molecular flexibility index (Phi) is 4.74. The molecule has 1 atom stereocenters. The molecular formula is C20H24N4O2S. The molecule has 2 aliphatic heterocycles. The van der Waals surface area contributed by atoms with Gasteiger partial charge in [-0.1, -0.05) is 0 Å². The van der Waals surface area contributed by atoms with Crippen LogP contribution in [-0.2, 0) is 16.1 Å². The van der Waals surface area contributed by atoms with E-state index in [0.717, 1.165) is 31.7 Å². The second kappa shape index (κ2) is 7.05. The molecule has 0 N–H and O–H groups in total. The third kappa shape index (κ3) is 3.49. The molecule has 0 radical (unpaired) electrons. The summed E-state index contributed by atoms with van der Waals surface area (Å²) in [5.41, 5.74) is 0.472.